The summed E-state index contributed by atoms with van der Waals surface area (Å²) < 4.78 is 40.2. The van der Waals surface area contributed by atoms with E-state index in [1.165, 1.54) is 23.5 Å². The molecule has 0 aliphatic rings. The lowest BCUT2D eigenvalue weighted by Gasteiger charge is -2.23. The lowest BCUT2D eigenvalue weighted by molar-refractivity contribution is -0.137. The van der Waals surface area contributed by atoms with Crippen molar-refractivity contribution in [2.75, 3.05) is 4.90 Å². The molecular formula is C20H16F3N3S. The van der Waals surface area contributed by atoms with E-state index in [4.69, 9.17) is 5.26 Å². The highest BCUT2D eigenvalue weighted by Crippen LogP contribution is 2.38. The lowest BCUT2D eigenvalue weighted by atomic mass is 10.1. The number of anilines is 2. The number of aromatic nitrogens is 1. The minimum atomic E-state index is -4.60. The number of nitrogens with zero attached hydrogens (tertiary/aromatic N) is 3. The standard InChI is InChI=1S/C20H16F3N3S/c1-13-14(2)27-19(25-13)26(12-15-6-4-3-5-7-15)17-9-8-16(11-24)18(10-17)20(21,22)23/h3-10H,12H2,1-2H3. The second-order valence-electron chi connectivity index (χ2n) is 6.05. The Labute approximate surface area is 159 Å². The van der Waals surface area contributed by atoms with Crippen LogP contribution in [0.5, 0.6) is 0 Å². The first-order valence-corrected chi connectivity index (χ1v) is 8.98. The van der Waals surface area contributed by atoms with Crippen molar-refractivity contribution >= 4 is 22.2 Å². The molecule has 1 heterocycles. The van der Waals surface area contributed by atoms with Gasteiger partial charge in [0, 0.05) is 10.6 Å². The number of hydrogen-bond acceptors (Lipinski definition) is 4. The van der Waals surface area contributed by atoms with Gasteiger partial charge in [-0.15, -0.1) is 11.3 Å². The first-order valence-electron chi connectivity index (χ1n) is 8.16. The molecule has 3 aromatic rings. The van der Waals surface area contributed by atoms with Crippen molar-refractivity contribution in [3.63, 3.8) is 0 Å². The second kappa shape index (κ2) is 7.41. The van der Waals surface area contributed by atoms with E-state index in [0.717, 1.165) is 22.2 Å². The third-order valence-corrected chi connectivity index (χ3v) is 5.27. The van der Waals surface area contributed by atoms with Crippen molar-refractivity contribution in [1.82, 2.24) is 4.98 Å². The van der Waals surface area contributed by atoms with Crippen molar-refractivity contribution in [3.8, 4) is 6.07 Å². The average molecular weight is 387 g/mol. The van der Waals surface area contributed by atoms with Crippen LogP contribution < -0.4 is 4.90 Å². The fourth-order valence-electron chi connectivity index (χ4n) is 2.64. The molecule has 2 aromatic carbocycles. The molecule has 0 spiro atoms. The van der Waals surface area contributed by atoms with E-state index in [1.807, 2.05) is 44.2 Å². The van der Waals surface area contributed by atoms with E-state index in [-0.39, 0.29) is 0 Å². The van der Waals surface area contributed by atoms with Crippen LogP contribution in [0.15, 0.2) is 48.5 Å². The van der Waals surface area contributed by atoms with Gasteiger partial charge >= 0.3 is 6.18 Å². The first-order chi connectivity index (χ1) is 12.8. The van der Waals surface area contributed by atoms with Crippen molar-refractivity contribution in [2.45, 2.75) is 26.6 Å². The molecule has 0 radical (unpaired) electrons. The van der Waals surface area contributed by atoms with Crippen molar-refractivity contribution in [3.05, 3.63) is 75.8 Å². The van der Waals surface area contributed by atoms with Gasteiger partial charge in [-0.3, -0.25) is 0 Å². The summed E-state index contributed by atoms with van der Waals surface area (Å²) in [6.45, 7) is 4.17. The summed E-state index contributed by atoms with van der Waals surface area (Å²) >= 11 is 1.43. The Bertz CT molecular complexity index is 968. The van der Waals surface area contributed by atoms with Crippen molar-refractivity contribution in [1.29, 1.82) is 5.26 Å². The summed E-state index contributed by atoms with van der Waals surface area (Å²) in [6, 6.07) is 14.9. The number of alkyl halides is 3. The van der Waals surface area contributed by atoms with Crippen LogP contribution in [-0.4, -0.2) is 4.98 Å². The SMILES string of the molecule is Cc1nc(N(Cc2ccccc2)c2ccc(C#N)c(C(F)(F)F)c2)sc1C. The van der Waals surface area contributed by atoms with Crippen molar-refractivity contribution in [2.24, 2.45) is 0 Å². The molecule has 0 bridgehead atoms. The second-order valence-corrected chi connectivity index (χ2v) is 7.23. The van der Waals surface area contributed by atoms with Gasteiger partial charge in [-0.25, -0.2) is 4.98 Å². The largest absolute Gasteiger partial charge is 0.417 e. The Morgan fingerprint density at radius 3 is 2.37 bits per heavy atom. The van der Waals surface area contributed by atoms with Gasteiger partial charge in [-0.1, -0.05) is 30.3 Å². The van der Waals surface area contributed by atoms with Crippen LogP contribution >= 0.6 is 11.3 Å². The zero-order valence-electron chi connectivity index (χ0n) is 14.7. The molecule has 0 unspecified atom stereocenters. The molecule has 0 saturated carbocycles. The van der Waals surface area contributed by atoms with Crippen LogP contribution in [0.2, 0.25) is 0 Å². The molecule has 138 valence electrons. The minimum Gasteiger partial charge on any atom is -0.313 e. The highest BCUT2D eigenvalue weighted by Gasteiger charge is 2.34. The summed E-state index contributed by atoms with van der Waals surface area (Å²) in [4.78, 5) is 7.27. The summed E-state index contributed by atoms with van der Waals surface area (Å²) in [5, 5.41) is 9.65. The van der Waals surface area contributed by atoms with Gasteiger partial charge < -0.3 is 4.90 Å². The zero-order valence-corrected chi connectivity index (χ0v) is 15.5. The van der Waals surface area contributed by atoms with Gasteiger partial charge in [0.05, 0.1) is 29.4 Å². The van der Waals surface area contributed by atoms with Crippen LogP contribution in [0.1, 0.15) is 27.3 Å². The number of nitriles is 1. The van der Waals surface area contributed by atoms with Crippen LogP contribution in [0.3, 0.4) is 0 Å². The summed E-state index contributed by atoms with van der Waals surface area (Å²) in [5.41, 5.74) is 0.806. The van der Waals surface area contributed by atoms with Gasteiger partial charge in [-0.05, 0) is 37.6 Å². The maximum absolute atomic E-state index is 13.4. The average Bonchev–Trinajstić information content (AvgIpc) is 2.98. The third-order valence-electron chi connectivity index (χ3n) is 4.17. The monoisotopic (exact) mass is 387 g/mol. The lowest BCUT2D eigenvalue weighted by Crippen LogP contribution is -2.18. The molecule has 0 amide bonds. The smallest absolute Gasteiger partial charge is 0.313 e. The molecule has 27 heavy (non-hydrogen) atoms. The van der Waals surface area contributed by atoms with E-state index in [0.29, 0.717) is 17.4 Å². The topological polar surface area (TPSA) is 39.9 Å². The van der Waals surface area contributed by atoms with Gasteiger partial charge in [-0.2, -0.15) is 18.4 Å². The number of aryl methyl sites for hydroxylation is 2. The van der Waals surface area contributed by atoms with Crippen LogP contribution in [0, 0.1) is 25.2 Å². The Morgan fingerprint density at radius 1 is 1.11 bits per heavy atom. The Balaban J connectivity index is 2.11. The van der Waals surface area contributed by atoms with Crippen LogP contribution in [0.4, 0.5) is 24.0 Å². The molecule has 0 aliphatic heterocycles. The molecule has 0 aliphatic carbocycles. The van der Waals surface area contributed by atoms with Crippen molar-refractivity contribution < 1.29 is 13.2 Å². The van der Waals surface area contributed by atoms with Gasteiger partial charge in [0.25, 0.3) is 0 Å². The predicted molar refractivity (Wildman–Crippen MR) is 100 cm³/mol. The number of thiazole rings is 1. The molecule has 7 heteroatoms. The van der Waals surface area contributed by atoms with Crippen LogP contribution in [0.25, 0.3) is 0 Å². The number of halogens is 3. The normalized spacial score (nSPS) is 11.3. The fourth-order valence-corrected chi connectivity index (χ4v) is 3.57. The first kappa shape index (κ1) is 18.9. The molecule has 0 N–H and O–H groups in total. The van der Waals surface area contributed by atoms with E-state index in [2.05, 4.69) is 4.98 Å². The molecule has 0 saturated heterocycles. The molecule has 0 fully saturated rings. The summed E-state index contributed by atoms with van der Waals surface area (Å²) in [7, 11) is 0. The number of benzene rings is 2. The van der Waals surface area contributed by atoms with E-state index < -0.39 is 17.3 Å². The third kappa shape index (κ3) is 4.12. The zero-order chi connectivity index (χ0) is 19.6. The molecular weight excluding hydrogens is 371 g/mol. The highest BCUT2D eigenvalue weighted by atomic mass is 32.1. The summed E-state index contributed by atoms with van der Waals surface area (Å²) in [6.07, 6.45) is -4.60. The molecule has 3 rings (SSSR count). The van der Waals surface area contributed by atoms with Gasteiger partial charge in [0.2, 0.25) is 0 Å². The Kier molecular flexibility index (Phi) is 5.19. The van der Waals surface area contributed by atoms with E-state index >= 15 is 0 Å². The van der Waals surface area contributed by atoms with E-state index in [9.17, 15) is 13.2 Å². The number of rotatable bonds is 4. The molecule has 3 nitrogen and oxygen atoms in total. The molecule has 0 atom stereocenters. The maximum Gasteiger partial charge on any atom is 0.417 e. The minimum absolute atomic E-state index is 0.346. The Hall–Kier alpha value is -2.85. The summed E-state index contributed by atoms with van der Waals surface area (Å²) in [5.74, 6) is 0. The van der Waals surface area contributed by atoms with Gasteiger partial charge in [0.1, 0.15) is 0 Å². The number of hydrogen-bond donors (Lipinski definition) is 0. The van der Waals surface area contributed by atoms with E-state index in [1.54, 1.807) is 11.0 Å². The van der Waals surface area contributed by atoms with Crippen LogP contribution in [-0.2, 0) is 12.7 Å². The predicted octanol–water partition coefficient (Wildman–Crippen LogP) is 5.99. The quantitative estimate of drug-likeness (QED) is 0.552. The van der Waals surface area contributed by atoms with Gasteiger partial charge in [0.15, 0.2) is 5.13 Å². The Morgan fingerprint density at radius 2 is 1.81 bits per heavy atom. The highest BCUT2D eigenvalue weighted by molar-refractivity contribution is 7.15. The maximum atomic E-state index is 13.4. The fraction of sp³-hybridized carbons (Fsp3) is 0.200. The molecule has 1 aromatic heterocycles.